The van der Waals surface area contributed by atoms with E-state index in [1.165, 1.54) is 37.7 Å². The molecule has 168 valence electrons. The topological polar surface area (TPSA) is 56.8 Å². The maximum absolute atomic E-state index is 12.5. The highest BCUT2D eigenvalue weighted by atomic mass is 16.6. The number of methoxy groups -OCH3 is 2. The van der Waals surface area contributed by atoms with Crippen molar-refractivity contribution >= 4 is 17.5 Å². The second-order valence-corrected chi connectivity index (χ2v) is 9.57. The number of benzene rings is 2. The highest BCUT2D eigenvalue weighted by Crippen LogP contribution is 2.58. The van der Waals surface area contributed by atoms with Crippen molar-refractivity contribution in [1.29, 1.82) is 0 Å². The zero-order chi connectivity index (χ0) is 22.2. The van der Waals surface area contributed by atoms with Crippen molar-refractivity contribution in [3.63, 3.8) is 0 Å². The third kappa shape index (κ3) is 4.08. The minimum Gasteiger partial charge on any atom is -0.497 e. The molecular weight excluding hydrogens is 402 g/mol. The Kier molecular flexibility index (Phi) is 5.58. The molecule has 2 aromatic rings. The summed E-state index contributed by atoms with van der Waals surface area (Å²) in [6, 6.07) is 13.1. The molecule has 4 aliphatic rings. The molecule has 32 heavy (non-hydrogen) atoms. The van der Waals surface area contributed by atoms with Gasteiger partial charge >= 0.3 is 6.09 Å². The fourth-order valence-electron chi connectivity index (χ4n) is 6.24. The van der Waals surface area contributed by atoms with Gasteiger partial charge in [0.15, 0.2) is 0 Å². The lowest BCUT2D eigenvalue weighted by Gasteiger charge is -2.51. The van der Waals surface area contributed by atoms with Gasteiger partial charge in [-0.3, -0.25) is 5.32 Å². The number of anilines is 1. The van der Waals surface area contributed by atoms with Gasteiger partial charge < -0.3 is 14.2 Å². The molecule has 0 aromatic heterocycles. The quantitative estimate of drug-likeness (QED) is 0.552. The van der Waals surface area contributed by atoms with E-state index in [9.17, 15) is 4.79 Å². The smallest absolute Gasteiger partial charge is 0.417 e. The van der Waals surface area contributed by atoms with E-state index in [1.54, 1.807) is 32.4 Å². The number of aryl methyl sites for hydroxylation is 1. The summed E-state index contributed by atoms with van der Waals surface area (Å²) in [7, 11) is 3.39. The number of allylic oxidation sites excluding steroid dienone is 1. The Morgan fingerprint density at radius 2 is 1.53 bits per heavy atom. The van der Waals surface area contributed by atoms with E-state index < -0.39 is 6.09 Å². The van der Waals surface area contributed by atoms with Gasteiger partial charge in [-0.2, -0.15) is 0 Å². The van der Waals surface area contributed by atoms with Crippen LogP contribution >= 0.6 is 0 Å². The summed E-state index contributed by atoms with van der Waals surface area (Å²) in [4.78, 5) is 12.5. The molecule has 0 saturated heterocycles. The maximum atomic E-state index is 12.5. The molecule has 0 radical (unpaired) electrons. The van der Waals surface area contributed by atoms with Gasteiger partial charge in [0.2, 0.25) is 0 Å². The van der Waals surface area contributed by atoms with Gasteiger partial charge in [-0.05, 0) is 92.5 Å². The zero-order valence-electron chi connectivity index (χ0n) is 19.0. The van der Waals surface area contributed by atoms with Crippen LogP contribution in [0.3, 0.4) is 0 Å². The van der Waals surface area contributed by atoms with Crippen molar-refractivity contribution in [3.8, 4) is 11.5 Å². The first-order chi connectivity index (χ1) is 15.5. The van der Waals surface area contributed by atoms with Crippen LogP contribution in [0.1, 0.15) is 43.2 Å². The Hall–Kier alpha value is -2.95. The Bertz CT molecular complexity index is 1010. The van der Waals surface area contributed by atoms with Crippen LogP contribution in [-0.2, 0) is 4.74 Å². The summed E-state index contributed by atoms with van der Waals surface area (Å²) < 4.78 is 17.0. The van der Waals surface area contributed by atoms with Crippen LogP contribution in [-0.4, -0.2) is 20.3 Å². The molecule has 6 rings (SSSR count). The average molecular weight is 434 g/mol. The lowest BCUT2D eigenvalue weighted by Crippen LogP contribution is -2.40. The van der Waals surface area contributed by atoms with Crippen molar-refractivity contribution < 1.29 is 19.0 Å². The molecule has 0 spiro atoms. The van der Waals surface area contributed by atoms with Crippen LogP contribution in [0.15, 0.2) is 48.0 Å². The van der Waals surface area contributed by atoms with Gasteiger partial charge in [-0.1, -0.05) is 17.7 Å². The fraction of sp³-hybridized carbons (Fsp3) is 0.444. The summed E-state index contributed by atoms with van der Waals surface area (Å²) in [5.41, 5.74) is 4.15. The van der Waals surface area contributed by atoms with Crippen LogP contribution in [0.2, 0.25) is 0 Å². The summed E-state index contributed by atoms with van der Waals surface area (Å²) in [5, 5.41) is 2.85. The van der Waals surface area contributed by atoms with Gasteiger partial charge in [0.25, 0.3) is 0 Å². The second kappa shape index (κ2) is 8.53. The summed E-state index contributed by atoms with van der Waals surface area (Å²) in [6.07, 6.45) is 6.02. The van der Waals surface area contributed by atoms with Crippen LogP contribution in [0, 0.1) is 30.6 Å². The normalized spacial score (nSPS) is 25.4. The number of carbonyl (C=O) groups is 1. The molecule has 4 bridgehead atoms. The van der Waals surface area contributed by atoms with Crippen molar-refractivity contribution in [3.05, 3.63) is 59.2 Å². The standard InChI is InChI=1S/C27H31NO4/c1-16-4-6-23(7-5-16)32-27(29)28-22-13-21(14-24(15-22)30-2)26(31-3)25-19-9-17-8-18(11-19)12-20(25)10-17/h4-7,13-15,17-20H,8-12H2,1-3H3,(H,28,29). The highest BCUT2D eigenvalue weighted by Gasteiger charge is 2.46. The molecule has 4 saturated carbocycles. The molecule has 0 heterocycles. The van der Waals surface area contributed by atoms with Crippen molar-refractivity contribution in [2.45, 2.75) is 39.0 Å². The third-order valence-corrected chi connectivity index (χ3v) is 7.37. The highest BCUT2D eigenvalue weighted by molar-refractivity contribution is 5.87. The van der Waals surface area contributed by atoms with Gasteiger partial charge in [-0.25, -0.2) is 4.79 Å². The predicted molar refractivity (Wildman–Crippen MR) is 125 cm³/mol. The Balaban J connectivity index is 1.42. The van der Waals surface area contributed by atoms with Crippen molar-refractivity contribution in [2.75, 3.05) is 19.5 Å². The molecular formula is C27H31NO4. The summed E-state index contributed by atoms with van der Waals surface area (Å²) >= 11 is 0. The van der Waals surface area contributed by atoms with Crippen LogP contribution in [0.25, 0.3) is 5.76 Å². The molecule has 4 fully saturated rings. The first-order valence-electron chi connectivity index (χ1n) is 11.6. The van der Waals surface area contributed by atoms with Crippen molar-refractivity contribution in [1.82, 2.24) is 0 Å². The largest absolute Gasteiger partial charge is 0.497 e. The van der Waals surface area contributed by atoms with Crippen LogP contribution < -0.4 is 14.8 Å². The van der Waals surface area contributed by atoms with E-state index in [0.29, 0.717) is 29.0 Å². The van der Waals surface area contributed by atoms with Gasteiger partial charge in [0.1, 0.15) is 17.3 Å². The van der Waals surface area contributed by atoms with Crippen LogP contribution in [0.4, 0.5) is 10.5 Å². The number of amides is 1. The SMILES string of the molecule is COC(=C1C2CC3CC(C2)CC1C3)c1cc(NC(=O)Oc2ccc(C)cc2)cc(OC)c1. The molecule has 2 aromatic carbocycles. The third-order valence-electron chi connectivity index (χ3n) is 7.37. The molecule has 0 unspecified atom stereocenters. The number of hydrogen-bond donors (Lipinski definition) is 1. The number of rotatable bonds is 5. The predicted octanol–water partition coefficient (Wildman–Crippen LogP) is 6.43. The fourth-order valence-corrected chi connectivity index (χ4v) is 6.24. The Morgan fingerprint density at radius 1 is 0.875 bits per heavy atom. The summed E-state index contributed by atoms with van der Waals surface area (Å²) in [6.45, 7) is 1.99. The number of nitrogens with one attached hydrogen (secondary N) is 1. The van der Waals surface area contributed by atoms with Gasteiger partial charge in [0.05, 0.1) is 14.2 Å². The summed E-state index contributed by atoms with van der Waals surface area (Å²) in [5.74, 6) is 5.15. The number of carbonyl (C=O) groups excluding carboxylic acids is 1. The van der Waals surface area contributed by atoms with Crippen LogP contribution in [0.5, 0.6) is 11.5 Å². The molecule has 5 nitrogen and oxygen atoms in total. The first kappa shape index (κ1) is 20.9. The van der Waals surface area contributed by atoms with E-state index in [1.807, 2.05) is 31.2 Å². The van der Waals surface area contributed by atoms with Gasteiger partial charge in [-0.15, -0.1) is 0 Å². The minimum atomic E-state index is -0.533. The lowest BCUT2D eigenvalue weighted by molar-refractivity contribution is 0.0675. The van der Waals surface area contributed by atoms with Crippen molar-refractivity contribution in [2.24, 2.45) is 23.7 Å². The van der Waals surface area contributed by atoms with E-state index >= 15 is 0 Å². The van der Waals surface area contributed by atoms with E-state index in [4.69, 9.17) is 14.2 Å². The number of hydrogen-bond acceptors (Lipinski definition) is 4. The molecule has 4 aliphatic carbocycles. The molecule has 0 aliphatic heterocycles. The Morgan fingerprint density at radius 3 is 2.12 bits per heavy atom. The lowest BCUT2D eigenvalue weighted by atomic mass is 9.54. The maximum Gasteiger partial charge on any atom is 0.417 e. The van der Waals surface area contributed by atoms with E-state index in [-0.39, 0.29) is 0 Å². The zero-order valence-corrected chi connectivity index (χ0v) is 19.0. The Labute approximate surface area is 189 Å². The second-order valence-electron chi connectivity index (χ2n) is 9.57. The monoisotopic (exact) mass is 433 g/mol. The molecule has 1 N–H and O–H groups in total. The van der Waals surface area contributed by atoms with Gasteiger partial charge in [0, 0.05) is 17.3 Å². The van der Waals surface area contributed by atoms with E-state index in [2.05, 4.69) is 5.32 Å². The molecule has 0 atom stereocenters. The molecule has 5 heteroatoms. The average Bonchev–Trinajstić information content (AvgIpc) is 2.77. The van der Waals surface area contributed by atoms with E-state index in [0.717, 1.165) is 28.7 Å². The first-order valence-corrected chi connectivity index (χ1v) is 11.6. The minimum absolute atomic E-state index is 0.504. The molecule has 1 amide bonds. The number of ether oxygens (including phenoxy) is 3.